The smallest absolute Gasteiger partial charge is 0.341 e. The van der Waals surface area contributed by atoms with Gasteiger partial charge in [-0.05, 0) is 94.6 Å². The first-order chi connectivity index (χ1) is 15.0. The molecule has 0 aliphatic heterocycles. The number of carbonyl (C=O) groups is 2. The summed E-state index contributed by atoms with van der Waals surface area (Å²) < 4.78 is 5.11. The number of esters is 1. The molecule has 5 nitrogen and oxygen atoms in total. The van der Waals surface area contributed by atoms with Crippen LogP contribution in [0.2, 0.25) is 0 Å². The summed E-state index contributed by atoms with van der Waals surface area (Å²) in [4.78, 5) is 29.3. The number of rotatable bonds is 5. The van der Waals surface area contributed by atoms with Gasteiger partial charge in [0.05, 0.1) is 19.2 Å². The molecule has 0 aromatic carbocycles. The third-order valence-electron chi connectivity index (χ3n) is 8.51. The van der Waals surface area contributed by atoms with E-state index in [0.717, 1.165) is 49.0 Å². The largest absolute Gasteiger partial charge is 0.465 e. The molecule has 6 rings (SSSR count). The lowest BCUT2D eigenvalue weighted by molar-refractivity contribution is -0.123. The summed E-state index contributed by atoms with van der Waals surface area (Å²) in [6.45, 7) is 0.398. The lowest BCUT2D eigenvalue weighted by Gasteiger charge is -2.59. The van der Waals surface area contributed by atoms with Crippen LogP contribution in [0.15, 0.2) is 0 Å². The summed E-state index contributed by atoms with van der Waals surface area (Å²) >= 11 is 1.59. The minimum atomic E-state index is -0.317. The second-order valence-corrected chi connectivity index (χ2v) is 11.8. The number of thiophene rings is 1. The Labute approximate surface area is 189 Å². The number of likely N-dealkylation sites (N-methyl/N-ethyl adjacent to an activating group) is 1. The highest BCUT2D eigenvalue weighted by atomic mass is 32.1. The zero-order chi connectivity index (χ0) is 21.6. The lowest BCUT2D eigenvalue weighted by Crippen LogP contribution is -2.59. The summed E-state index contributed by atoms with van der Waals surface area (Å²) in [6, 6.07) is 0. The second kappa shape index (κ2) is 8.51. The van der Waals surface area contributed by atoms with Crippen LogP contribution >= 0.6 is 11.3 Å². The molecule has 5 aliphatic rings. The van der Waals surface area contributed by atoms with Crippen molar-refractivity contribution in [3.05, 3.63) is 16.0 Å². The number of nitrogens with one attached hydrogen (secondary N) is 1. The molecule has 4 bridgehead atoms. The number of aryl methyl sites for hydroxylation is 1. The zero-order valence-corrected chi connectivity index (χ0v) is 19.8. The summed E-state index contributed by atoms with van der Waals surface area (Å²) in [7, 11) is 3.57. The number of nitrogens with zero attached hydrogens (tertiary/aromatic N) is 1. The Hall–Kier alpha value is -1.40. The van der Waals surface area contributed by atoms with Gasteiger partial charge >= 0.3 is 5.97 Å². The maximum Gasteiger partial charge on any atom is 0.341 e. The number of methoxy groups -OCH3 is 1. The third-order valence-corrected chi connectivity index (χ3v) is 9.72. The molecule has 1 N–H and O–H groups in total. The Morgan fingerprint density at radius 3 is 2.26 bits per heavy atom. The van der Waals surface area contributed by atoms with Crippen LogP contribution in [0.5, 0.6) is 0 Å². The van der Waals surface area contributed by atoms with E-state index >= 15 is 0 Å². The average Bonchev–Trinajstić information content (AvgIpc) is 3.02. The van der Waals surface area contributed by atoms with Crippen LogP contribution < -0.4 is 5.32 Å². The van der Waals surface area contributed by atoms with E-state index in [-0.39, 0.29) is 17.4 Å². The molecule has 170 valence electrons. The summed E-state index contributed by atoms with van der Waals surface area (Å²) in [5, 5.41) is 3.82. The van der Waals surface area contributed by atoms with Crippen molar-refractivity contribution in [2.75, 3.05) is 26.0 Å². The second-order valence-electron chi connectivity index (χ2n) is 10.7. The summed E-state index contributed by atoms with van der Waals surface area (Å²) in [5.41, 5.74) is 1.93. The maximum absolute atomic E-state index is 13.1. The number of anilines is 1. The Morgan fingerprint density at radius 2 is 1.65 bits per heavy atom. The van der Waals surface area contributed by atoms with Gasteiger partial charge in [-0.1, -0.05) is 12.8 Å². The molecular formula is C25H36N2O3S. The van der Waals surface area contributed by atoms with Gasteiger partial charge in [0.2, 0.25) is 5.91 Å². The van der Waals surface area contributed by atoms with E-state index in [1.165, 1.54) is 63.4 Å². The zero-order valence-electron chi connectivity index (χ0n) is 19.0. The molecule has 4 fully saturated rings. The lowest BCUT2D eigenvalue weighted by atomic mass is 9.52. The van der Waals surface area contributed by atoms with E-state index in [2.05, 4.69) is 17.3 Å². The molecule has 0 atom stereocenters. The number of hydrogen-bond donors (Lipinski definition) is 1. The van der Waals surface area contributed by atoms with Crippen molar-refractivity contribution in [3.8, 4) is 0 Å². The molecule has 31 heavy (non-hydrogen) atoms. The van der Waals surface area contributed by atoms with Crippen molar-refractivity contribution in [1.29, 1.82) is 0 Å². The fraction of sp³-hybridized carbons (Fsp3) is 0.760. The summed E-state index contributed by atoms with van der Waals surface area (Å²) in [6.07, 6.45) is 14.6. The number of hydrogen-bond acceptors (Lipinski definition) is 5. The molecule has 1 amide bonds. The molecule has 6 heteroatoms. The van der Waals surface area contributed by atoms with Gasteiger partial charge in [0.15, 0.2) is 0 Å². The molecule has 5 aliphatic carbocycles. The normalized spacial score (nSPS) is 31.8. The molecule has 1 aromatic heterocycles. The number of carbonyl (C=O) groups excluding carboxylic acids is 2. The SMILES string of the molecule is COC(=O)c1c(NC(=O)CN(C)C23CC4CC(CC(C4)C2)C3)sc2c1CCCCCC2. The van der Waals surface area contributed by atoms with E-state index in [9.17, 15) is 9.59 Å². The molecular weight excluding hydrogens is 408 g/mol. The predicted molar refractivity (Wildman–Crippen MR) is 124 cm³/mol. The van der Waals surface area contributed by atoms with E-state index in [4.69, 9.17) is 4.74 Å². The minimum Gasteiger partial charge on any atom is -0.465 e. The van der Waals surface area contributed by atoms with E-state index < -0.39 is 0 Å². The van der Waals surface area contributed by atoms with Crippen molar-refractivity contribution in [2.24, 2.45) is 17.8 Å². The molecule has 0 unspecified atom stereocenters. The van der Waals surface area contributed by atoms with Crippen LogP contribution in [0.4, 0.5) is 5.00 Å². The van der Waals surface area contributed by atoms with Crippen LogP contribution in [0.25, 0.3) is 0 Å². The van der Waals surface area contributed by atoms with Gasteiger partial charge < -0.3 is 10.1 Å². The monoisotopic (exact) mass is 444 g/mol. The van der Waals surface area contributed by atoms with Crippen molar-refractivity contribution < 1.29 is 14.3 Å². The van der Waals surface area contributed by atoms with Gasteiger partial charge in [-0.3, -0.25) is 9.69 Å². The number of amides is 1. The van der Waals surface area contributed by atoms with Crippen LogP contribution in [0.3, 0.4) is 0 Å². The van der Waals surface area contributed by atoms with E-state index in [1.54, 1.807) is 11.3 Å². The molecule has 1 heterocycles. The van der Waals surface area contributed by atoms with Crippen molar-refractivity contribution >= 4 is 28.2 Å². The Morgan fingerprint density at radius 1 is 1.03 bits per heavy atom. The highest BCUT2D eigenvalue weighted by Gasteiger charge is 2.52. The molecule has 0 saturated heterocycles. The molecule has 4 saturated carbocycles. The quantitative estimate of drug-likeness (QED) is 0.647. The van der Waals surface area contributed by atoms with Gasteiger partial charge in [-0.15, -0.1) is 11.3 Å². The van der Waals surface area contributed by atoms with Gasteiger partial charge in [0, 0.05) is 10.4 Å². The standard InChI is InChI=1S/C25H36N2O3S/c1-27(25-12-16-9-17(13-25)11-18(10-16)14-25)15-21(28)26-23-22(24(29)30-2)19-7-5-3-4-6-8-20(19)31-23/h16-18H,3-15H2,1-2H3,(H,26,28). The number of fused-ring (bicyclic) bond motifs is 1. The summed E-state index contributed by atoms with van der Waals surface area (Å²) in [5.74, 6) is 2.26. The van der Waals surface area contributed by atoms with Gasteiger partial charge in [-0.2, -0.15) is 0 Å². The predicted octanol–water partition coefficient (Wildman–Crippen LogP) is 5.03. The van der Waals surface area contributed by atoms with Gasteiger partial charge in [0.25, 0.3) is 0 Å². The maximum atomic E-state index is 13.1. The van der Waals surface area contributed by atoms with Crippen LogP contribution in [0, 0.1) is 17.8 Å². The van der Waals surface area contributed by atoms with E-state index in [1.807, 2.05) is 0 Å². The topological polar surface area (TPSA) is 58.6 Å². The first-order valence-electron chi connectivity index (χ1n) is 12.2. The Balaban J connectivity index is 1.32. The first-order valence-corrected chi connectivity index (χ1v) is 13.0. The molecule has 1 aromatic rings. The van der Waals surface area contributed by atoms with Crippen molar-refractivity contribution in [3.63, 3.8) is 0 Å². The van der Waals surface area contributed by atoms with E-state index in [0.29, 0.717) is 17.1 Å². The van der Waals surface area contributed by atoms with Crippen LogP contribution in [-0.2, 0) is 22.4 Å². The first kappa shape index (κ1) is 21.4. The van der Waals surface area contributed by atoms with Crippen molar-refractivity contribution in [1.82, 2.24) is 4.90 Å². The molecule has 0 spiro atoms. The van der Waals surface area contributed by atoms with Gasteiger partial charge in [-0.25, -0.2) is 4.79 Å². The fourth-order valence-corrected chi connectivity index (χ4v) is 8.70. The Bertz CT molecular complexity index is 826. The molecule has 0 radical (unpaired) electrons. The van der Waals surface area contributed by atoms with Crippen molar-refractivity contribution in [2.45, 2.75) is 82.6 Å². The van der Waals surface area contributed by atoms with Gasteiger partial charge in [0.1, 0.15) is 5.00 Å². The highest BCUT2D eigenvalue weighted by molar-refractivity contribution is 7.17. The highest BCUT2D eigenvalue weighted by Crippen LogP contribution is 2.57. The van der Waals surface area contributed by atoms with Crippen LogP contribution in [0.1, 0.15) is 85.0 Å². The number of ether oxygens (including phenoxy) is 1. The van der Waals surface area contributed by atoms with Crippen LogP contribution in [-0.4, -0.2) is 43.0 Å². The fourth-order valence-electron chi connectivity index (χ4n) is 7.41. The Kier molecular flexibility index (Phi) is 5.89. The average molecular weight is 445 g/mol. The third kappa shape index (κ3) is 4.06. The minimum absolute atomic E-state index is 0.00220.